The van der Waals surface area contributed by atoms with Crippen LogP contribution in [0.5, 0.6) is 11.5 Å². The summed E-state index contributed by atoms with van der Waals surface area (Å²) in [4.78, 5) is 8.74. The fourth-order valence-electron chi connectivity index (χ4n) is 5.09. The van der Waals surface area contributed by atoms with Gasteiger partial charge in [0.1, 0.15) is 38.3 Å². The Morgan fingerprint density at radius 1 is 0.685 bits per heavy atom. The number of nitrogens with one attached hydrogen (secondary N) is 1. The van der Waals surface area contributed by atoms with Crippen molar-refractivity contribution in [2.45, 2.75) is 26.5 Å². The van der Waals surface area contributed by atoms with E-state index in [0.29, 0.717) is 6.07 Å². The van der Waals surface area contributed by atoms with Gasteiger partial charge in [0.05, 0.1) is 22.6 Å². The Morgan fingerprint density at radius 3 is 1.87 bits per heavy atom. The summed E-state index contributed by atoms with van der Waals surface area (Å²) in [6.45, 7) is 1.10. The molecule has 54 heavy (non-hydrogen) atoms. The lowest BCUT2D eigenvalue weighted by molar-refractivity contribution is -0.114. The van der Waals surface area contributed by atoms with Crippen LogP contribution in [0.3, 0.4) is 0 Å². The number of nitrogens with zero attached hydrogens (tertiary/aromatic N) is 4. The molecule has 0 aromatic heterocycles. The molecule has 284 valence electrons. The van der Waals surface area contributed by atoms with E-state index in [1.165, 1.54) is 12.1 Å². The zero-order valence-corrected chi connectivity index (χ0v) is 30.4. The zero-order chi connectivity index (χ0) is 40.1. The third-order valence-electron chi connectivity index (χ3n) is 7.34. The van der Waals surface area contributed by atoms with E-state index in [-0.39, 0.29) is 44.4 Å². The molecule has 5 aromatic carbocycles. The number of carbonyl (C=O) groups is 1. The number of phenolic OH excluding ortho intramolecular Hbond substituents is 1. The zero-order valence-electron chi connectivity index (χ0n) is 27.1. The van der Waals surface area contributed by atoms with Gasteiger partial charge in [0, 0.05) is 29.4 Å². The van der Waals surface area contributed by atoms with E-state index in [2.05, 4.69) is 25.8 Å². The highest BCUT2D eigenvalue weighted by molar-refractivity contribution is 7.86. The first-order valence-corrected chi connectivity index (χ1v) is 20.0. The van der Waals surface area contributed by atoms with Gasteiger partial charge in [-0.2, -0.15) is 33.7 Å². The first-order chi connectivity index (χ1) is 24.9. The Labute approximate surface area is 304 Å². The molecule has 0 aliphatic heterocycles. The monoisotopic (exact) mass is 824 g/mol. The average molecular weight is 825 g/mol. The minimum absolute atomic E-state index is 0.129. The van der Waals surface area contributed by atoms with Gasteiger partial charge in [-0.05, 0) is 53.2 Å². The number of phenols is 1. The molecule has 0 unspecified atom stereocenters. The first-order valence-electron chi connectivity index (χ1n) is 14.3. The lowest BCUT2D eigenvalue weighted by atomic mass is 10.1. The van der Waals surface area contributed by atoms with Gasteiger partial charge in [0.25, 0.3) is 40.5 Å². The number of hydrogen-bond acceptors (Lipinski definition) is 16. The van der Waals surface area contributed by atoms with Crippen LogP contribution < -0.4 is 15.8 Å². The summed E-state index contributed by atoms with van der Waals surface area (Å²) >= 11 is 0. The quantitative estimate of drug-likeness (QED) is 0.0549. The van der Waals surface area contributed by atoms with E-state index in [4.69, 9.17) is 10.5 Å². The summed E-state index contributed by atoms with van der Waals surface area (Å²) in [5.74, 6) is -1.87. The summed E-state index contributed by atoms with van der Waals surface area (Å²) in [7, 11) is -18.8. The Bertz CT molecular complexity index is 2950. The van der Waals surface area contributed by atoms with E-state index in [1.807, 2.05) is 0 Å². The van der Waals surface area contributed by atoms with E-state index in [1.54, 1.807) is 0 Å². The largest absolute Gasteiger partial charge is 0.505 e. The summed E-state index contributed by atoms with van der Waals surface area (Å²) < 4.78 is 141. The van der Waals surface area contributed by atoms with Crippen LogP contribution in [-0.2, 0) is 45.3 Å². The smallest absolute Gasteiger partial charge is 0.297 e. The van der Waals surface area contributed by atoms with Crippen LogP contribution >= 0.6 is 0 Å². The topological polar surface area (TPSA) is 352 Å². The predicted molar refractivity (Wildman–Crippen MR) is 189 cm³/mol. The fraction of sp³-hybridized carbons (Fsp3) is 0.0690. The molecule has 0 bridgehead atoms. The van der Waals surface area contributed by atoms with Crippen LogP contribution in [0.25, 0.3) is 21.5 Å². The molecule has 0 fully saturated rings. The molecule has 0 spiro atoms. The molecule has 0 aliphatic carbocycles. The van der Waals surface area contributed by atoms with Gasteiger partial charge in [-0.3, -0.25) is 23.0 Å². The number of aromatic hydroxyl groups is 1. The normalized spacial score (nSPS) is 12.9. The van der Waals surface area contributed by atoms with Gasteiger partial charge in [-0.25, -0.2) is 0 Å². The minimum atomic E-state index is -5.22. The summed E-state index contributed by atoms with van der Waals surface area (Å²) in [5, 5.41) is 28.0. The highest BCUT2D eigenvalue weighted by Crippen LogP contribution is 2.46. The van der Waals surface area contributed by atoms with Gasteiger partial charge in [0.15, 0.2) is 5.75 Å². The number of rotatable bonds is 10. The molecular formula is C29H24N6O15S4. The van der Waals surface area contributed by atoms with Crippen molar-refractivity contribution in [2.24, 2.45) is 20.5 Å². The van der Waals surface area contributed by atoms with Crippen molar-refractivity contribution in [3.05, 3.63) is 60.7 Å². The number of benzene rings is 5. The molecule has 8 N–H and O–H groups in total. The van der Waals surface area contributed by atoms with Crippen molar-refractivity contribution in [3.63, 3.8) is 0 Å². The molecule has 0 aliphatic rings. The summed E-state index contributed by atoms with van der Waals surface area (Å²) in [6, 6.07) is 9.86. The molecule has 0 radical (unpaired) electrons. The highest BCUT2D eigenvalue weighted by Gasteiger charge is 2.26. The van der Waals surface area contributed by atoms with E-state index in [0.717, 1.165) is 56.5 Å². The van der Waals surface area contributed by atoms with E-state index >= 15 is 0 Å². The van der Waals surface area contributed by atoms with Gasteiger partial charge in [0.2, 0.25) is 5.91 Å². The van der Waals surface area contributed by atoms with E-state index < -0.39 is 88.8 Å². The molecule has 5 rings (SSSR count). The summed E-state index contributed by atoms with van der Waals surface area (Å²) in [6.07, 6.45) is 0. The number of amides is 1. The molecule has 1 amide bonds. The molecular weight excluding hydrogens is 801 g/mol. The molecule has 25 heteroatoms. The van der Waals surface area contributed by atoms with Gasteiger partial charge in [-0.1, -0.05) is 12.1 Å². The van der Waals surface area contributed by atoms with Crippen LogP contribution in [0.4, 0.5) is 34.1 Å². The van der Waals surface area contributed by atoms with Crippen LogP contribution in [0.1, 0.15) is 6.92 Å². The maximum atomic E-state index is 12.5. The number of anilines is 2. The number of ether oxygens (including phenoxy) is 1. The van der Waals surface area contributed by atoms with Crippen molar-refractivity contribution in [3.8, 4) is 11.5 Å². The SMILES string of the molecule is COc1cc(/N=N/c2ccc3ccc(S(=O)(=O)O)cc3c2S(=O)(=O)O)c(NC(C)=O)cc1/N=N/c1c(S(=O)(=O)O)cc2cc(S(=O)(=O)O)cc(N)c2c1O. The van der Waals surface area contributed by atoms with Crippen molar-refractivity contribution < 1.29 is 66.5 Å². The lowest BCUT2D eigenvalue weighted by Gasteiger charge is -2.13. The minimum Gasteiger partial charge on any atom is -0.505 e. The van der Waals surface area contributed by atoms with Crippen molar-refractivity contribution in [1.82, 2.24) is 0 Å². The maximum absolute atomic E-state index is 12.5. The van der Waals surface area contributed by atoms with Crippen LogP contribution in [0.15, 0.2) is 101 Å². The Morgan fingerprint density at radius 2 is 1.30 bits per heavy atom. The molecule has 0 saturated carbocycles. The second-order valence-electron chi connectivity index (χ2n) is 11.0. The number of azo groups is 2. The lowest BCUT2D eigenvalue weighted by Crippen LogP contribution is -2.06. The van der Waals surface area contributed by atoms with Crippen LogP contribution in [-0.4, -0.2) is 70.0 Å². The predicted octanol–water partition coefficient (Wildman–Crippen LogP) is 5.07. The van der Waals surface area contributed by atoms with Crippen LogP contribution in [0.2, 0.25) is 0 Å². The first kappa shape index (κ1) is 39.5. The fourth-order valence-corrected chi connectivity index (χ4v) is 7.63. The van der Waals surface area contributed by atoms with Crippen molar-refractivity contribution in [1.29, 1.82) is 0 Å². The third kappa shape index (κ3) is 8.11. The Hall–Kier alpha value is -5.67. The number of methoxy groups -OCH3 is 1. The Balaban J connectivity index is 1.68. The van der Waals surface area contributed by atoms with Gasteiger partial charge < -0.3 is 20.9 Å². The standard InChI is InChI=1S/C29H24N6O15S4/c1-13(36)31-21-11-23(34-35-27-25(53(44,45)46)8-15-7-17(52(41,42)43)10-19(30)26(15)28(27)37)24(50-2)12-22(21)33-32-20-6-4-14-3-5-16(51(38,39)40)9-18(14)29(20)54(47,48)49/h3-12,37H,30H2,1-2H3,(H,31,36)(H,38,39,40)(H,41,42,43)(H,44,45,46)(H,47,48,49)/b33-32+,35-34+. The number of nitrogens with two attached hydrogens (primary N) is 1. The van der Waals surface area contributed by atoms with Crippen LogP contribution in [0, 0.1) is 0 Å². The number of fused-ring (bicyclic) bond motifs is 2. The Kier molecular flexibility index (Phi) is 10.2. The molecule has 0 heterocycles. The average Bonchev–Trinajstić information content (AvgIpc) is 3.04. The van der Waals surface area contributed by atoms with Crippen molar-refractivity contribution in [2.75, 3.05) is 18.2 Å². The van der Waals surface area contributed by atoms with E-state index in [9.17, 15) is 61.8 Å². The molecule has 0 atom stereocenters. The van der Waals surface area contributed by atoms with Crippen molar-refractivity contribution >= 4 is 102 Å². The number of nitrogen functional groups attached to an aromatic ring is 1. The summed E-state index contributed by atoms with van der Waals surface area (Å²) in [5.41, 5.74) is 3.35. The highest BCUT2D eigenvalue weighted by atomic mass is 32.2. The second-order valence-corrected chi connectivity index (χ2v) is 16.6. The molecule has 21 nitrogen and oxygen atoms in total. The van der Waals surface area contributed by atoms with Gasteiger partial charge in [-0.15, -0.1) is 20.5 Å². The second kappa shape index (κ2) is 14.0. The number of hydrogen-bond donors (Lipinski definition) is 7. The molecule has 5 aromatic rings. The van der Waals surface area contributed by atoms with Gasteiger partial charge >= 0.3 is 0 Å². The number of carbonyl (C=O) groups excluding carboxylic acids is 1. The maximum Gasteiger partial charge on any atom is 0.297 e. The molecule has 0 saturated heterocycles. The third-order valence-corrected chi connectivity index (χ3v) is 10.8.